The topological polar surface area (TPSA) is 119 Å². The minimum atomic E-state index is -6.15. The molecule has 0 rings (SSSR count). The summed E-state index contributed by atoms with van der Waals surface area (Å²) in [7, 11) is -10.7. The molecule has 0 aliphatic heterocycles. The first-order chi connectivity index (χ1) is 9.71. The van der Waals surface area contributed by atoms with Crippen LogP contribution < -0.4 is 5.32 Å². The first kappa shape index (κ1) is 20.8. The van der Waals surface area contributed by atoms with E-state index in [2.05, 4.69) is 20.4 Å². The van der Waals surface area contributed by atoms with Gasteiger partial charge in [-0.05, 0) is 11.4 Å². The molecule has 0 spiro atoms. The molecular weight excluding hydrogens is 357 g/mol. The van der Waals surface area contributed by atoms with Crippen LogP contribution in [0.4, 0.5) is 13.2 Å². The summed E-state index contributed by atoms with van der Waals surface area (Å²) >= 11 is 0. The van der Waals surface area contributed by atoms with Crippen LogP contribution in [0.25, 0.3) is 0 Å². The summed E-state index contributed by atoms with van der Waals surface area (Å²) in [6.07, 6.45) is 0. The van der Waals surface area contributed by atoms with Crippen molar-refractivity contribution in [3.05, 3.63) is 12.2 Å². The van der Waals surface area contributed by atoms with Gasteiger partial charge in [-0.1, -0.05) is 6.58 Å². The van der Waals surface area contributed by atoms with Crippen molar-refractivity contribution < 1.29 is 43.3 Å². The van der Waals surface area contributed by atoms with E-state index in [4.69, 9.17) is 0 Å². The van der Waals surface area contributed by atoms with Gasteiger partial charge in [0.25, 0.3) is 0 Å². The molecule has 22 heavy (non-hydrogen) atoms. The highest BCUT2D eigenvalue weighted by Gasteiger charge is 2.49. The van der Waals surface area contributed by atoms with Crippen molar-refractivity contribution in [3.8, 4) is 0 Å². The molecule has 0 unspecified atom stereocenters. The zero-order chi connectivity index (χ0) is 17.8. The predicted molar refractivity (Wildman–Crippen MR) is 66.5 cm³/mol. The molecule has 1 N–H and O–H groups in total. The Morgan fingerprint density at radius 2 is 1.77 bits per heavy atom. The van der Waals surface area contributed by atoms with Crippen LogP contribution in [0.2, 0.25) is 0 Å². The van der Waals surface area contributed by atoms with Crippen LogP contribution in [0.15, 0.2) is 12.2 Å². The number of halogens is 3. The van der Waals surface area contributed by atoms with Crippen molar-refractivity contribution in [2.24, 2.45) is 0 Å². The highest BCUT2D eigenvalue weighted by atomic mass is 32.2. The summed E-state index contributed by atoms with van der Waals surface area (Å²) in [5.74, 6) is -0.592. The highest BCUT2D eigenvalue weighted by Crippen LogP contribution is 2.25. The number of hydrogen-bond donors (Lipinski definition) is 1. The fourth-order valence-corrected chi connectivity index (χ4v) is 2.10. The van der Waals surface area contributed by atoms with Crippen LogP contribution in [0.3, 0.4) is 0 Å². The second-order valence-corrected chi connectivity index (χ2v) is 6.83. The first-order valence-electron chi connectivity index (χ1n) is 5.28. The fraction of sp³-hybridized carbons (Fsp3) is 0.625. The minimum absolute atomic E-state index is 0.138. The molecule has 0 aliphatic rings. The Morgan fingerprint density at radius 3 is 2.18 bits per heavy atom. The van der Waals surface area contributed by atoms with Gasteiger partial charge < -0.3 is 5.32 Å². The molecule has 0 bridgehead atoms. The van der Waals surface area contributed by atoms with Gasteiger partial charge >= 0.3 is 25.9 Å². The van der Waals surface area contributed by atoms with E-state index in [0.29, 0.717) is 7.05 Å². The lowest BCUT2D eigenvalue weighted by molar-refractivity contribution is -0.117. The molecule has 0 atom stereocenters. The van der Waals surface area contributed by atoms with Gasteiger partial charge in [-0.3, -0.25) is 8.98 Å². The number of alkyl halides is 3. The third kappa shape index (κ3) is 6.27. The van der Waals surface area contributed by atoms with Crippen molar-refractivity contribution in [2.75, 3.05) is 20.2 Å². The Balaban J connectivity index is 4.58. The lowest BCUT2D eigenvalue weighted by atomic mass is 10.3. The van der Waals surface area contributed by atoms with Crippen molar-refractivity contribution in [3.63, 3.8) is 0 Å². The summed E-state index contributed by atoms with van der Waals surface area (Å²) in [5, 5.41) is 2.18. The molecular formula is C8H13F3N2O7S2. The summed E-state index contributed by atoms with van der Waals surface area (Å²) in [4.78, 5) is 11.0. The van der Waals surface area contributed by atoms with E-state index in [-0.39, 0.29) is 12.1 Å². The van der Waals surface area contributed by atoms with Gasteiger partial charge in [-0.15, -0.1) is 0 Å². The number of rotatable bonds is 8. The van der Waals surface area contributed by atoms with Gasteiger partial charge in [-0.25, -0.2) is 0 Å². The number of amides is 1. The lowest BCUT2D eigenvalue weighted by Gasteiger charge is -2.16. The smallest absolute Gasteiger partial charge is 0.350 e. The second-order valence-electron chi connectivity index (χ2n) is 3.70. The molecule has 0 aliphatic carbocycles. The van der Waals surface area contributed by atoms with E-state index in [0.717, 1.165) is 0 Å². The molecule has 14 heteroatoms. The molecule has 9 nitrogen and oxygen atoms in total. The van der Waals surface area contributed by atoms with Gasteiger partial charge in [0.2, 0.25) is 5.91 Å². The third-order valence-corrected chi connectivity index (χ3v) is 4.06. The zero-order valence-electron chi connectivity index (χ0n) is 11.4. The average Bonchev–Trinajstić information content (AvgIpc) is 2.32. The first-order valence-corrected chi connectivity index (χ1v) is 8.06. The van der Waals surface area contributed by atoms with Gasteiger partial charge in [0.05, 0.1) is 6.61 Å². The van der Waals surface area contributed by atoms with E-state index >= 15 is 0 Å². The summed E-state index contributed by atoms with van der Waals surface area (Å²) in [6.45, 7) is 3.71. The zero-order valence-corrected chi connectivity index (χ0v) is 13.0. The van der Waals surface area contributed by atoms with E-state index in [9.17, 15) is 34.8 Å². The predicted octanol–water partition coefficient (Wildman–Crippen LogP) is -0.347. The van der Waals surface area contributed by atoms with Gasteiger partial charge in [0.1, 0.15) is 0 Å². The monoisotopic (exact) mass is 370 g/mol. The number of nitrogens with one attached hydrogen (secondary N) is 1. The molecule has 1 amide bonds. The number of carbonyl (C=O) groups excluding carboxylic acids is 1. The summed E-state index contributed by atoms with van der Waals surface area (Å²) < 4.78 is 86.9. The van der Waals surface area contributed by atoms with Crippen LogP contribution in [0.5, 0.6) is 0 Å². The quantitative estimate of drug-likeness (QED) is 0.268. The Kier molecular flexibility index (Phi) is 6.96. The lowest BCUT2D eigenvalue weighted by Crippen LogP contribution is -2.37. The number of carbonyl (C=O) groups is 1. The second kappa shape index (κ2) is 7.36. The van der Waals surface area contributed by atoms with E-state index < -0.39 is 42.9 Å². The maximum absolute atomic E-state index is 12.0. The van der Waals surface area contributed by atoms with Crippen LogP contribution in [0.1, 0.15) is 6.92 Å². The molecule has 0 aromatic rings. The molecule has 130 valence electrons. The van der Waals surface area contributed by atoms with Gasteiger partial charge in [0.15, 0.2) is 0 Å². The highest BCUT2D eigenvalue weighted by molar-refractivity contribution is 7.88. The normalized spacial score (nSPS) is 13.2. The molecule has 0 heterocycles. The molecule has 0 aromatic heterocycles. The maximum Gasteiger partial charge on any atom is 0.524 e. The maximum atomic E-state index is 12.0. The van der Waals surface area contributed by atoms with Crippen molar-refractivity contribution >= 4 is 26.3 Å². The Labute approximate surface area is 125 Å². The largest absolute Gasteiger partial charge is 0.524 e. The van der Waals surface area contributed by atoms with E-state index in [1.165, 1.54) is 6.92 Å². The third-order valence-electron chi connectivity index (χ3n) is 1.81. The van der Waals surface area contributed by atoms with Crippen LogP contribution in [-0.4, -0.2) is 52.9 Å². The molecule has 0 fully saturated rings. The summed E-state index contributed by atoms with van der Waals surface area (Å²) in [6, 6.07) is 0. The SMILES string of the molecule is C=C(C)C(=O)NCCOS(=O)(=O)N(C)OS(=O)(=O)C(F)(F)F. The van der Waals surface area contributed by atoms with Crippen LogP contribution in [-0.2, 0) is 33.7 Å². The Bertz CT molecular complexity index is 627. The van der Waals surface area contributed by atoms with Gasteiger partial charge in [0, 0.05) is 19.2 Å². The molecule has 0 saturated carbocycles. The minimum Gasteiger partial charge on any atom is -0.350 e. The van der Waals surface area contributed by atoms with Crippen molar-refractivity contribution in [2.45, 2.75) is 12.4 Å². The Hall–Kier alpha value is -1.22. The standard InChI is InChI=1S/C8H13F3N2O7S2/c1-6(2)7(14)12-4-5-19-22(17,18)13(3)20-21(15,16)8(9,10)11/h1,4-5H2,2-3H3,(H,12,14). The Morgan fingerprint density at radius 1 is 1.27 bits per heavy atom. The summed E-state index contributed by atoms with van der Waals surface area (Å²) in [5.41, 5.74) is -5.66. The molecule has 0 radical (unpaired) electrons. The van der Waals surface area contributed by atoms with E-state index in [1.807, 2.05) is 0 Å². The number of hydroxylamine groups is 1. The van der Waals surface area contributed by atoms with Crippen molar-refractivity contribution in [1.82, 2.24) is 9.79 Å². The van der Waals surface area contributed by atoms with Crippen LogP contribution in [0, 0.1) is 0 Å². The van der Waals surface area contributed by atoms with E-state index in [1.54, 1.807) is 0 Å². The fourth-order valence-electron chi connectivity index (χ4n) is 0.754. The van der Waals surface area contributed by atoms with Crippen molar-refractivity contribution in [1.29, 1.82) is 0 Å². The van der Waals surface area contributed by atoms with Crippen LogP contribution >= 0.6 is 0 Å². The molecule has 0 saturated heterocycles. The number of hydrogen-bond acceptors (Lipinski definition) is 7. The number of nitrogens with zero attached hydrogens (tertiary/aromatic N) is 1. The average molecular weight is 370 g/mol. The molecule has 0 aromatic carbocycles. The van der Waals surface area contributed by atoms with Gasteiger partial charge in [-0.2, -0.15) is 34.3 Å².